The molecule has 0 bridgehead atoms. The number of hydrogen-bond acceptors (Lipinski definition) is 7. The van der Waals surface area contributed by atoms with Gasteiger partial charge in [0.2, 0.25) is 22.0 Å². The number of ether oxygens (including phenoxy) is 2. The van der Waals surface area contributed by atoms with Gasteiger partial charge in [-0.15, -0.1) is 0 Å². The summed E-state index contributed by atoms with van der Waals surface area (Å²) in [5.74, 6) is -0.0996. The summed E-state index contributed by atoms with van der Waals surface area (Å²) >= 11 is 0. The Morgan fingerprint density at radius 3 is 2.30 bits per heavy atom. The molecule has 10 nitrogen and oxygen atoms in total. The summed E-state index contributed by atoms with van der Waals surface area (Å²) in [6.45, 7) is 0.703. The number of amides is 1. The molecule has 1 saturated carbocycles. The molecule has 1 saturated heterocycles. The molecule has 148 valence electrons. The number of benzene rings is 1. The van der Waals surface area contributed by atoms with Gasteiger partial charge in [-0.05, 0) is 12.1 Å². The second-order valence-corrected chi connectivity index (χ2v) is 8.38. The highest BCUT2D eigenvalue weighted by Gasteiger charge is 2.54. The van der Waals surface area contributed by atoms with Gasteiger partial charge in [-0.2, -0.15) is 4.31 Å². The van der Waals surface area contributed by atoms with Crippen LogP contribution in [0, 0.1) is 16.0 Å². The van der Waals surface area contributed by atoms with E-state index in [2.05, 4.69) is 0 Å². The quantitative estimate of drug-likeness (QED) is 0.495. The van der Waals surface area contributed by atoms with Crippen LogP contribution in [-0.2, 0) is 14.8 Å². The molecule has 1 aromatic rings. The number of nitrogens with zero attached hydrogens (tertiary/aromatic N) is 3. The lowest BCUT2D eigenvalue weighted by Gasteiger charge is -2.34. The third-order valence-electron chi connectivity index (χ3n) is 4.89. The van der Waals surface area contributed by atoms with E-state index in [9.17, 15) is 23.3 Å². The molecule has 0 unspecified atom stereocenters. The van der Waals surface area contributed by atoms with Gasteiger partial charge in [0, 0.05) is 43.6 Å². The first-order valence-electron chi connectivity index (χ1n) is 8.44. The largest absolute Gasteiger partial charge is 0.493 e. The van der Waals surface area contributed by atoms with Crippen LogP contribution in [0.25, 0.3) is 0 Å². The zero-order valence-corrected chi connectivity index (χ0v) is 15.8. The van der Waals surface area contributed by atoms with Crippen LogP contribution < -0.4 is 9.47 Å². The summed E-state index contributed by atoms with van der Waals surface area (Å²) < 4.78 is 37.3. The Labute approximate surface area is 156 Å². The van der Waals surface area contributed by atoms with Crippen molar-refractivity contribution in [1.82, 2.24) is 9.21 Å². The van der Waals surface area contributed by atoms with Gasteiger partial charge in [-0.25, -0.2) is 8.42 Å². The summed E-state index contributed by atoms with van der Waals surface area (Å²) in [5.41, 5.74) is 0. The molecule has 0 radical (unpaired) electrons. The monoisotopic (exact) mass is 399 g/mol. The molecule has 1 aliphatic heterocycles. The fraction of sp³-hybridized carbons (Fsp3) is 0.562. The number of piperazine rings is 1. The van der Waals surface area contributed by atoms with Gasteiger partial charge in [-0.1, -0.05) is 0 Å². The average Bonchev–Trinajstić information content (AvgIpc) is 3.48. The van der Waals surface area contributed by atoms with Crippen molar-refractivity contribution in [2.75, 3.05) is 40.4 Å². The minimum Gasteiger partial charge on any atom is -0.493 e. The van der Waals surface area contributed by atoms with Crippen molar-refractivity contribution in [1.29, 1.82) is 0 Å². The van der Waals surface area contributed by atoms with Crippen molar-refractivity contribution >= 4 is 15.9 Å². The number of rotatable bonds is 6. The predicted octanol–water partition coefficient (Wildman–Crippen LogP) is 0.202. The van der Waals surface area contributed by atoms with Gasteiger partial charge in [0.25, 0.3) is 0 Å². The maximum absolute atomic E-state index is 12.9. The molecule has 0 N–H and O–H groups in total. The fourth-order valence-corrected chi connectivity index (χ4v) is 4.63. The Morgan fingerprint density at radius 2 is 1.78 bits per heavy atom. The van der Waals surface area contributed by atoms with Gasteiger partial charge in [-0.3, -0.25) is 14.9 Å². The highest BCUT2D eigenvalue weighted by molar-refractivity contribution is 7.89. The molecule has 2 fully saturated rings. The lowest BCUT2D eigenvalue weighted by molar-refractivity contribution is -0.497. The van der Waals surface area contributed by atoms with Crippen LogP contribution in [0.15, 0.2) is 23.1 Å². The van der Waals surface area contributed by atoms with E-state index in [1.807, 2.05) is 0 Å². The molecule has 11 heteroatoms. The molecule has 2 aliphatic rings. The topological polar surface area (TPSA) is 119 Å². The number of carbonyl (C=O) groups excluding carboxylic acids is 1. The Balaban J connectivity index is 1.66. The lowest BCUT2D eigenvalue weighted by atomic mass is 10.3. The normalized spacial score (nSPS) is 23.0. The molecule has 1 aliphatic carbocycles. The van der Waals surface area contributed by atoms with Crippen LogP contribution in [0.4, 0.5) is 0 Å². The van der Waals surface area contributed by atoms with Crippen LogP contribution >= 0.6 is 0 Å². The number of methoxy groups -OCH3 is 2. The smallest absolute Gasteiger partial charge is 0.243 e. The van der Waals surface area contributed by atoms with Gasteiger partial charge < -0.3 is 14.4 Å². The van der Waals surface area contributed by atoms with Crippen molar-refractivity contribution in [3.63, 3.8) is 0 Å². The summed E-state index contributed by atoms with van der Waals surface area (Å²) in [7, 11) is -0.857. The van der Waals surface area contributed by atoms with Crippen LogP contribution in [0.1, 0.15) is 6.42 Å². The molecular weight excluding hydrogens is 378 g/mol. The van der Waals surface area contributed by atoms with E-state index in [0.29, 0.717) is 11.5 Å². The van der Waals surface area contributed by atoms with Gasteiger partial charge in [0.15, 0.2) is 11.5 Å². The zero-order valence-electron chi connectivity index (χ0n) is 15.0. The summed E-state index contributed by atoms with van der Waals surface area (Å²) in [6, 6.07) is 3.57. The molecule has 0 spiro atoms. The molecule has 3 rings (SSSR count). The minimum absolute atomic E-state index is 0.0792. The van der Waals surface area contributed by atoms with E-state index in [-0.39, 0.29) is 43.4 Å². The fourth-order valence-electron chi connectivity index (χ4n) is 3.19. The van der Waals surface area contributed by atoms with Crippen molar-refractivity contribution in [2.24, 2.45) is 5.92 Å². The standard InChI is InChI=1S/C16H21N3O7S/c1-25-14-4-3-11(9-15(14)26-2)27(23,24)18-7-5-17(6-8-18)16(20)12-10-13(12)19(21)22/h3-4,9,12-13H,5-8,10H2,1-2H3/t12-,13-/m0/s1. The molecule has 2 atom stereocenters. The van der Waals surface area contributed by atoms with Crippen molar-refractivity contribution in [3.8, 4) is 11.5 Å². The summed E-state index contributed by atoms with van der Waals surface area (Å²) in [4.78, 5) is 24.2. The number of nitro groups is 1. The van der Waals surface area contributed by atoms with Crippen molar-refractivity contribution in [3.05, 3.63) is 28.3 Å². The van der Waals surface area contributed by atoms with E-state index in [1.165, 1.54) is 41.6 Å². The Hall–Kier alpha value is -2.40. The maximum atomic E-state index is 12.9. The number of hydrogen-bond donors (Lipinski definition) is 0. The van der Waals surface area contributed by atoms with Crippen LogP contribution in [-0.4, -0.2) is 74.9 Å². The zero-order chi connectivity index (χ0) is 19.8. The number of carbonyl (C=O) groups is 1. The first kappa shape index (κ1) is 19.4. The lowest BCUT2D eigenvalue weighted by Crippen LogP contribution is -2.51. The molecule has 0 aromatic heterocycles. The summed E-state index contributed by atoms with van der Waals surface area (Å²) in [6.07, 6.45) is 0.260. The van der Waals surface area contributed by atoms with Crippen LogP contribution in [0.5, 0.6) is 11.5 Å². The van der Waals surface area contributed by atoms with E-state index < -0.39 is 26.9 Å². The molecule has 27 heavy (non-hydrogen) atoms. The van der Waals surface area contributed by atoms with Crippen LogP contribution in [0.3, 0.4) is 0 Å². The Bertz CT molecular complexity index is 850. The number of sulfonamides is 1. The first-order valence-corrected chi connectivity index (χ1v) is 9.88. The SMILES string of the molecule is COc1ccc(S(=O)(=O)N2CCN(C(=O)[C@H]3C[C@@H]3[N+](=O)[O-])CC2)cc1OC. The highest BCUT2D eigenvalue weighted by atomic mass is 32.2. The highest BCUT2D eigenvalue weighted by Crippen LogP contribution is 2.35. The molecule has 1 aromatic carbocycles. The van der Waals surface area contributed by atoms with E-state index in [0.717, 1.165) is 0 Å². The van der Waals surface area contributed by atoms with Crippen molar-refractivity contribution < 1.29 is 27.6 Å². The first-order chi connectivity index (χ1) is 12.8. The maximum Gasteiger partial charge on any atom is 0.243 e. The third kappa shape index (κ3) is 3.69. The van der Waals surface area contributed by atoms with Crippen molar-refractivity contribution in [2.45, 2.75) is 17.4 Å². The second-order valence-electron chi connectivity index (χ2n) is 6.44. The molecule has 1 heterocycles. The van der Waals surface area contributed by atoms with Crippen LogP contribution in [0.2, 0.25) is 0 Å². The van der Waals surface area contributed by atoms with Gasteiger partial charge >= 0.3 is 0 Å². The minimum atomic E-state index is -3.75. The predicted molar refractivity (Wildman–Crippen MR) is 93.8 cm³/mol. The Kier molecular flexibility index (Phi) is 5.24. The average molecular weight is 399 g/mol. The Morgan fingerprint density at radius 1 is 1.15 bits per heavy atom. The third-order valence-corrected chi connectivity index (χ3v) is 6.78. The van der Waals surface area contributed by atoms with E-state index >= 15 is 0 Å². The van der Waals surface area contributed by atoms with E-state index in [4.69, 9.17) is 9.47 Å². The molecule has 1 amide bonds. The van der Waals surface area contributed by atoms with Gasteiger partial charge in [0.1, 0.15) is 5.92 Å². The molecular formula is C16H21N3O7S. The second kappa shape index (κ2) is 7.31. The summed E-state index contributed by atoms with van der Waals surface area (Å²) in [5, 5.41) is 10.7. The van der Waals surface area contributed by atoms with Gasteiger partial charge in [0.05, 0.1) is 19.1 Å². The van der Waals surface area contributed by atoms with E-state index in [1.54, 1.807) is 0 Å².